The number of ether oxygens (including phenoxy) is 2. The minimum absolute atomic E-state index is 0.226. The average molecular weight is 749 g/mol. The van der Waals surface area contributed by atoms with Crippen LogP contribution in [-0.4, -0.2) is 88.2 Å². The zero-order chi connectivity index (χ0) is 36.8. The Morgan fingerprint density at radius 1 is 0.750 bits per heavy atom. The topological polar surface area (TPSA) is 175 Å². The van der Waals surface area contributed by atoms with Crippen LogP contribution in [0.1, 0.15) is 43.5 Å². The number of carbonyl (C=O) groups excluding carboxylic acids is 2. The number of nitrogens with zero attached hydrogens (tertiary/aromatic N) is 6. The number of methoxy groups -OCH3 is 2. The fourth-order valence-electron chi connectivity index (χ4n) is 6.88. The van der Waals surface area contributed by atoms with E-state index >= 15 is 0 Å². The van der Waals surface area contributed by atoms with E-state index in [-0.39, 0.29) is 18.1 Å². The number of hydrogen-bond donors (Lipinski definition) is 3. The number of rotatable bonds is 11. The lowest BCUT2D eigenvalue weighted by atomic mass is 9.91. The van der Waals surface area contributed by atoms with Gasteiger partial charge in [0.05, 0.1) is 48.0 Å². The number of nitrogens with one attached hydrogen (secondary N) is 1. The van der Waals surface area contributed by atoms with E-state index in [0.29, 0.717) is 95.1 Å². The van der Waals surface area contributed by atoms with Gasteiger partial charge in [0, 0.05) is 61.0 Å². The Labute approximate surface area is 313 Å². The number of carbonyl (C=O) groups is 2. The molecule has 15 heteroatoms. The maximum absolute atomic E-state index is 11.5. The minimum atomic E-state index is -0.386. The Bertz CT molecular complexity index is 1780. The third-order valence-corrected chi connectivity index (χ3v) is 10.7. The van der Waals surface area contributed by atoms with Crippen molar-refractivity contribution in [3.05, 3.63) is 70.2 Å². The van der Waals surface area contributed by atoms with E-state index in [4.69, 9.17) is 59.1 Å². The first-order valence-electron chi connectivity index (χ1n) is 17.4. The normalized spacial score (nSPS) is 15.5. The molecule has 5 N–H and O–H groups in total. The van der Waals surface area contributed by atoms with Crippen molar-refractivity contribution in [2.75, 3.05) is 40.4 Å². The predicted octanol–water partition coefficient (Wildman–Crippen LogP) is 5.95. The Kier molecular flexibility index (Phi) is 11.9. The van der Waals surface area contributed by atoms with E-state index in [2.05, 4.69) is 10.3 Å². The third-order valence-electron chi connectivity index (χ3n) is 9.93. The summed E-state index contributed by atoms with van der Waals surface area (Å²) in [5.74, 6) is 1.32. The van der Waals surface area contributed by atoms with E-state index in [1.807, 2.05) is 36.4 Å². The molecule has 52 heavy (non-hydrogen) atoms. The minimum Gasteiger partial charge on any atom is -0.480 e. The number of likely N-dealkylation sites (tertiary alicyclic amines) is 2. The van der Waals surface area contributed by atoms with Crippen molar-refractivity contribution >= 4 is 35.3 Å². The predicted molar refractivity (Wildman–Crippen MR) is 200 cm³/mol. The molecule has 0 spiro atoms. The Morgan fingerprint density at radius 3 is 1.71 bits per heavy atom. The summed E-state index contributed by atoms with van der Waals surface area (Å²) in [6.07, 6.45) is 8.45. The maximum atomic E-state index is 11.5. The highest BCUT2D eigenvalue weighted by atomic mass is 35.5. The van der Waals surface area contributed by atoms with Gasteiger partial charge in [0.2, 0.25) is 11.8 Å². The molecule has 0 atom stereocenters. The molecule has 0 aliphatic carbocycles. The zero-order valence-electron chi connectivity index (χ0n) is 29.3. The average Bonchev–Trinajstić information content (AvgIpc) is 3.17. The van der Waals surface area contributed by atoms with Crippen LogP contribution in [0.3, 0.4) is 0 Å². The van der Waals surface area contributed by atoms with Gasteiger partial charge in [-0.1, -0.05) is 59.6 Å². The molecule has 274 valence electrons. The molecule has 0 radical (unpaired) electrons. The molecule has 4 heterocycles. The number of urea groups is 2. The lowest BCUT2D eigenvalue weighted by molar-refractivity contribution is 0.176. The number of nitrogens with two attached hydrogens (primary N) is 2. The summed E-state index contributed by atoms with van der Waals surface area (Å²) in [7, 11) is 3.15. The van der Waals surface area contributed by atoms with E-state index in [1.165, 1.54) is 0 Å². The molecule has 0 bridgehead atoms. The summed E-state index contributed by atoms with van der Waals surface area (Å²) in [5.41, 5.74) is 16.2. The van der Waals surface area contributed by atoms with Crippen molar-refractivity contribution in [1.29, 1.82) is 0 Å². The van der Waals surface area contributed by atoms with Crippen LogP contribution in [-0.2, 0) is 13.0 Å². The summed E-state index contributed by atoms with van der Waals surface area (Å²) in [6.45, 7) is 3.05. The van der Waals surface area contributed by atoms with Gasteiger partial charge in [-0.25, -0.2) is 19.6 Å². The van der Waals surface area contributed by atoms with E-state index < -0.39 is 0 Å². The molecule has 2 fully saturated rings. The fraction of sp³-hybridized carbons (Fsp3) is 0.405. The summed E-state index contributed by atoms with van der Waals surface area (Å²) in [6, 6.07) is 10.9. The van der Waals surface area contributed by atoms with Crippen LogP contribution in [0.4, 0.5) is 9.59 Å². The van der Waals surface area contributed by atoms with Crippen LogP contribution in [0.15, 0.2) is 48.8 Å². The Morgan fingerprint density at radius 2 is 1.21 bits per heavy atom. The standard InChI is InChI=1S/C37H43Cl2N9O4/c1-51-34-28(10-9-22-11-15-47(16-12-22)36(40)49)43-19-29(45-34)26-7-3-5-24(32(26)38)25-6-4-8-27(33(25)39)30-20-44-31(35(46-30)52-2)21-42-23-13-17-48(18-14-23)37(41)50/h3-8,19-20,22-23,42H,9-18,21H2,1-2H3,(H2,40,49)(H2,41,50). The van der Waals surface area contributed by atoms with E-state index in [0.717, 1.165) is 48.9 Å². The monoisotopic (exact) mass is 747 g/mol. The Hall–Kier alpha value is -4.72. The van der Waals surface area contributed by atoms with Crippen LogP contribution in [0.25, 0.3) is 33.6 Å². The van der Waals surface area contributed by atoms with Gasteiger partial charge in [0.25, 0.3) is 0 Å². The molecule has 2 aromatic heterocycles. The molecule has 2 aliphatic heterocycles. The number of amides is 4. The fourth-order valence-corrected chi connectivity index (χ4v) is 7.53. The second kappa shape index (κ2) is 16.7. The first-order chi connectivity index (χ1) is 25.2. The van der Waals surface area contributed by atoms with Gasteiger partial charge in [-0.3, -0.25) is 9.97 Å². The van der Waals surface area contributed by atoms with E-state index in [9.17, 15) is 9.59 Å². The molecule has 13 nitrogen and oxygen atoms in total. The van der Waals surface area contributed by atoms with Gasteiger partial charge in [-0.15, -0.1) is 0 Å². The van der Waals surface area contributed by atoms with Crippen LogP contribution < -0.4 is 26.3 Å². The second-order valence-electron chi connectivity index (χ2n) is 13.0. The van der Waals surface area contributed by atoms with Gasteiger partial charge in [0.15, 0.2) is 0 Å². The quantitative estimate of drug-likeness (QED) is 0.168. The SMILES string of the molecule is COc1nc(-c2cccc(-c3cccc(-c4cnc(CNC5CCN(C(N)=O)CC5)c(OC)n4)c3Cl)c2Cl)cnc1CCC1CCN(C(N)=O)CC1. The molecule has 2 saturated heterocycles. The number of aryl methyl sites for hydroxylation is 1. The maximum Gasteiger partial charge on any atom is 0.314 e. The lowest BCUT2D eigenvalue weighted by Crippen LogP contribution is -2.46. The van der Waals surface area contributed by atoms with Crippen molar-refractivity contribution < 1.29 is 19.1 Å². The van der Waals surface area contributed by atoms with Crippen LogP contribution >= 0.6 is 23.2 Å². The largest absolute Gasteiger partial charge is 0.480 e. The van der Waals surface area contributed by atoms with Crippen molar-refractivity contribution in [2.24, 2.45) is 17.4 Å². The number of hydrogen-bond acceptors (Lipinski definition) is 9. The van der Waals surface area contributed by atoms with Gasteiger partial charge in [-0.2, -0.15) is 0 Å². The number of halogens is 2. The van der Waals surface area contributed by atoms with Crippen molar-refractivity contribution in [1.82, 2.24) is 35.1 Å². The highest BCUT2D eigenvalue weighted by molar-refractivity contribution is 6.39. The van der Waals surface area contributed by atoms with Crippen molar-refractivity contribution in [3.63, 3.8) is 0 Å². The van der Waals surface area contributed by atoms with Gasteiger partial charge < -0.3 is 36.1 Å². The summed E-state index contributed by atoms with van der Waals surface area (Å²) < 4.78 is 11.3. The van der Waals surface area contributed by atoms with Crippen LogP contribution in [0.5, 0.6) is 11.8 Å². The number of aromatic nitrogens is 4. The molecule has 4 aromatic rings. The molecule has 0 unspecified atom stereocenters. The van der Waals surface area contributed by atoms with Gasteiger partial charge in [-0.05, 0) is 44.4 Å². The smallest absolute Gasteiger partial charge is 0.314 e. The molecule has 0 saturated carbocycles. The van der Waals surface area contributed by atoms with Crippen molar-refractivity contribution in [2.45, 2.75) is 51.1 Å². The number of benzene rings is 2. The highest BCUT2D eigenvalue weighted by Gasteiger charge is 2.24. The molecule has 6 rings (SSSR count). The van der Waals surface area contributed by atoms with Crippen molar-refractivity contribution in [3.8, 4) is 45.4 Å². The molecule has 4 amide bonds. The first kappa shape index (κ1) is 37.1. The number of piperidine rings is 2. The Balaban J connectivity index is 1.18. The third kappa shape index (κ3) is 8.32. The number of primary amides is 2. The lowest BCUT2D eigenvalue weighted by Gasteiger charge is -2.31. The van der Waals surface area contributed by atoms with Crippen LogP contribution in [0, 0.1) is 5.92 Å². The first-order valence-corrected chi connectivity index (χ1v) is 18.1. The summed E-state index contributed by atoms with van der Waals surface area (Å²) >= 11 is 14.2. The van der Waals surface area contributed by atoms with Gasteiger partial charge >= 0.3 is 12.1 Å². The summed E-state index contributed by atoms with van der Waals surface area (Å²) in [4.78, 5) is 45.2. The molecule has 2 aliphatic rings. The molecular weight excluding hydrogens is 705 g/mol. The molecular formula is C37H43Cl2N9O4. The second-order valence-corrected chi connectivity index (χ2v) is 13.8. The zero-order valence-corrected chi connectivity index (χ0v) is 30.8. The van der Waals surface area contributed by atoms with E-state index in [1.54, 1.807) is 36.4 Å². The highest BCUT2D eigenvalue weighted by Crippen LogP contribution is 2.42. The van der Waals surface area contributed by atoms with Gasteiger partial charge in [0.1, 0.15) is 11.4 Å². The summed E-state index contributed by atoms with van der Waals surface area (Å²) in [5, 5.41) is 4.43. The van der Waals surface area contributed by atoms with Crippen LogP contribution in [0.2, 0.25) is 10.0 Å². The molecule has 2 aromatic carbocycles.